The lowest BCUT2D eigenvalue weighted by molar-refractivity contribution is -0.135. The molecule has 25 heavy (non-hydrogen) atoms. The fourth-order valence-corrected chi connectivity index (χ4v) is 4.08. The summed E-state index contributed by atoms with van der Waals surface area (Å²) in [5, 5.41) is 0. The molecule has 2 rings (SSSR count). The van der Waals surface area contributed by atoms with E-state index in [4.69, 9.17) is 0 Å². The Balaban J connectivity index is 1.93. The first-order valence-corrected chi connectivity index (χ1v) is 10.6. The van der Waals surface area contributed by atoms with Crippen LogP contribution in [0.1, 0.15) is 44.7 Å². The minimum Gasteiger partial charge on any atom is -0.341 e. The molecule has 0 aromatic heterocycles. The van der Waals surface area contributed by atoms with E-state index in [1.54, 1.807) is 4.90 Å². The molecular weight excluding hydrogens is 336 g/mol. The molecule has 1 aliphatic heterocycles. The average Bonchev–Trinajstić information content (AvgIpc) is 2.53. The number of carbonyl (C=O) groups excluding carboxylic acids is 1. The van der Waals surface area contributed by atoms with E-state index in [1.165, 1.54) is 16.1 Å². The Morgan fingerprint density at radius 1 is 1.16 bits per heavy atom. The molecule has 140 valence electrons. The number of amides is 1. The number of nitrogens with zero attached hydrogens (tertiary/aromatic N) is 2. The Morgan fingerprint density at radius 2 is 1.68 bits per heavy atom. The average molecular weight is 367 g/mol. The molecule has 1 heterocycles. The molecule has 0 bridgehead atoms. The summed E-state index contributed by atoms with van der Waals surface area (Å²) in [7, 11) is -1.33. The summed E-state index contributed by atoms with van der Waals surface area (Å²) in [5.74, 6) is 0.0184. The van der Waals surface area contributed by atoms with Gasteiger partial charge in [0.15, 0.2) is 0 Å². The number of carbonyl (C=O) groups is 1. The van der Waals surface area contributed by atoms with Gasteiger partial charge in [0.05, 0.1) is 6.26 Å². The lowest BCUT2D eigenvalue weighted by atomic mass is 9.86. The summed E-state index contributed by atoms with van der Waals surface area (Å²) in [6, 6.07) is 8.41. The Bertz CT molecular complexity index is 697. The van der Waals surface area contributed by atoms with Crippen LogP contribution in [0.15, 0.2) is 24.3 Å². The van der Waals surface area contributed by atoms with E-state index < -0.39 is 10.0 Å². The molecule has 1 amide bonds. The molecule has 0 radical (unpaired) electrons. The number of piperidine rings is 1. The smallest absolute Gasteiger partial charge is 0.225 e. The Labute approximate surface area is 152 Å². The quantitative estimate of drug-likeness (QED) is 0.823. The predicted octanol–water partition coefficient (Wildman–Crippen LogP) is 2.61. The zero-order valence-corrected chi connectivity index (χ0v) is 16.8. The van der Waals surface area contributed by atoms with Crippen molar-refractivity contribution in [1.29, 1.82) is 0 Å². The fraction of sp³-hybridized carbons (Fsp3) is 0.632. The van der Waals surface area contributed by atoms with Crippen LogP contribution in [0.4, 0.5) is 0 Å². The van der Waals surface area contributed by atoms with Crippen molar-refractivity contribution in [3.05, 3.63) is 35.4 Å². The number of sulfonamides is 1. The highest BCUT2D eigenvalue weighted by Gasteiger charge is 2.30. The molecule has 1 aromatic rings. The van der Waals surface area contributed by atoms with E-state index >= 15 is 0 Å². The first-order valence-electron chi connectivity index (χ1n) is 8.78. The van der Waals surface area contributed by atoms with Gasteiger partial charge in [0, 0.05) is 32.6 Å². The van der Waals surface area contributed by atoms with Crippen LogP contribution in [-0.2, 0) is 26.8 Å². The van der Waals surface area contributed by atoms with Crippen LogP contribution < -0.4 is 0 Å². The van der Waals surface area contributed by atoms with Gasteiger partial charge in [0.25, 0.3) is 0 Å². The van der Waals surface area contributed by atoms with Crippen molar-refractivity contribution in [3.8, 4) is 0 Å². The van der Waals surface area contributed by atoms with Gasteiger partial charge in [-0.3, -0.25) is 4.79 Å². The van der Waals surface area contributed by atoms with Crippen molar-refractivity contribution in [2.24, 2.45) is 5.92 Å². The van der Waals surface area contributed by atoms with Crippen LogP contribution in [-0.4, -0.2) is 49.9 Å². The zero-order chi connectivity index (χ0) is 18.8. The monoisotopic (exact) mass is 366 g/mol. The van der Waals surface area contributed by atoms with Crippen molar-refractivity contribution in [2.45, 2.75) is 45.6 Å². The largest absolute Gasteiger partial charge is 0.341 e. The molecular formula is C19H30N2O3S. The minimum atomic E-state index is -3.15. The highest BCUT2D eigenvalue weighted by Crippen LogP contribution is 2.24. The first kappa shape index (κ1) is 19.9. The zero-order valence-electron chi connectivity index (χ0n) is 15.9. The summed E-state index contributed by atoms with van der Waals surface area (Å²) in [4.78, 5) is 14.4. The Hall–Kier alpha value is -1.40. The van der Waals surface area contributed by atoms with Crippen molar-refractivity contribution >= 4 is 15.9 Å². The van der Waals surface area contributed by atoms with Crippen LogP contribution in [0, 0.1) is 5.92 Å². The Morgan fingerprint density at radius 3 is 2.12 bits per heavy atom. The first-order chi connectivity index (χ1) is 11.5. The predicted molar refractivity (Wildman–Crippen MR) is 101 cm³/mol. The summed E-state index contributed by atoms with van der Waals surface area (Å²) >= 11 is 0. The van der Waals surface area contributed by atoms with Crippen molar-refractivity contribution < 1.29 is 13.2 Å². The second kappa shape index (κ2) is 7.46. The molecule has 0 N–H and O–H groups in total. The maximum Gasteiger partial charge on any atom is 0.225 e. The molecule has 1 fully saturated rings. The maximum atomic E-state index is 12.6. The number of rotatable bonds is 4. The van der Waals surface area contributed by atoms with Crippen LogP contribution >= 0.6 is 0 Å². The third kappa shape index (κ3) is 5.28. The third-order valence-corrected chi connectivity index (χ3v) is 6.19. The Kier molecular flexibility index (Phi) is 5.94. The highest BCUT2D eigenvalue weighted by atomic mass is 32.2. The standard InChI is InChI=1S/C19H30N2O3S/c1-19(2,3)17-8-6-15(7-9-17)14-20(4)18(22)16-10-12-21(13-11-16)25(5,23)24/h6-9,16H,10-14H2,1-5H3. The molecule has 0 spiro atoms. The number of benzene rings is 1. The van der Waals surface area contributed by atoms with E-state index in [1.807, 2.05) is 7.05 Å². The normalized spacial score (nSPS) is 17.5. The molecule has 0 unspecified atom stereocenters. The van der Waals surface area contributed by atoms with Gasteiger partial charge >= 0.3 is 0 Å². The topological polar surface area (TPSA) is 57.7 Å². The summed E-state index contributed by atoms with van der Waals surface area (Å²) in [6.45, 7) is 7.99. The van der Waals surface area contributed by atoms with Crippen molar-refractivity contribution in [3.63, 3.8) is 0 Å². The van der Waals surface area contributed by atoms with E-state index in [0.717, 1.165) is 5.56 Å². The molecule has 0 atom stereocenters. The van der Waals surface area contributed by atoms with E-state index in [2.05, 4.69) is 45.0 Å². The highest BCUT2D eigenvalue weighted by molar-refractivity contribution is 7.88. The lowest BCUT2D eigenvalue weighted by Gasteiger charge is -2.31. The van der Waals surface area contributed by atoms with Gasteiger partial charge in [-0.05, 0) is 29.4 Å². The van der Waals surface area contributed by atoms with Crippen LogP contribution in [0.3, 0.4) is 0 Å². The fourth-order valence-electron chi connectivity index (χ4n) is 3.21. The molecule has 6 heteroatoms. The van der Waals surface area contributed by atoms with Gasteiger partial charge < -0.3 is 4.90 Å². The van der Waals surface area contributed by atoms with Crippen LogP contribution in [0.2, 0.25) is 0 Å². The lowest BCUT2D eigenvalue weighted by Crippen LogP contribution is -2.42. The van der Waals surface area contributed by atoms with Crippen LogP contribution in [0.5, 0.6) is 0 Å². The van der Waals surface area contributed by atoms with Crippen LogP contribution in [0.25, 0.3) is 0 Å². The molecule has 1 aromatic carbocycles. The molecule has 1 aliphatic rings. The molecule has 5 nitrogen and oxygen atoms in total. The van der Waals surface area contributed by atoms with Gasteiger partial charge in [-0.25, -0.2) is 12.7 Å². The van der Waals surface area contributed by atoms with Crippen molar-refractivity contribution in [1.82, 2.24) is 9.21 Å². The maximum absolute atomic E-state index is 12.6. The second-order valence-corrected chi connectivity index (χ2v) is 10.1. The number of hydrogen-bond acceptors (Lipinski definition) is 3. The van der Waals surface area contributed by atoms with Gasteiger partial charge in [0.2, 0.25) is 15.9 Å². The van der Waals surface area contributed by atoms with E-state index in [9.17, 15) is 13.2 Å². The number of hydrogen-bond donors (Lipinski definition) is 0. The molecule has 1 saturated heterocycles. The second-order valence-electron chi connectivity index (χ2n) is 8.08. The summed E-state index contributed by atoms with van der Waals surface area (Å²) < 4.78 is 24.6. The van der Waals surface area contributed by atoms with Gasteiger partial charge in [-0.2, -0.15) is 0 Å². The SMILES string of the molecule is CN(Cc1ccc(C(C)(C)C)cc1)C(=O)C1CCN(S(C)(=O)=O)CC1. The van der Waals surface area contributed by atoms with Crippen molar-refractivity contribution in [2.75, 3.05) is 26.4 Å². The molecule has 0 saturated carbocycles. The minimum absolute atomic E-state index is 0.0863. The molecule has 0 aliphatic carbocycles. The van der Waals surface area contributed by atoms with Gasteiger partial charge in [0.1, 0.15) is 0 Å². The van der Waals surface area contributed by atoms with Gasteiger partial charge in [-0.15, -0.1) is 0 Å². The summed E-state index contributed by atoms with van der Waals surface area (Å²) in [5.41, 5.74) is 2.50. The summed E-state index contributed by atoms with van der Waals surface area (Å²) in [6.07, 6.45) is 2.42. The van der Waals surface area contributed by atoms with Gasteiger partial charge in [-0.1, -0.05) is 45.0 Å². The van der Waals surface area contributed by atoms with E-state index in [-0.39, 0.29) is 17.2 Å². The van der Waals surface area contributed by atoms with E-state index in [0.29, 0.717) is 32.5 Å². The third-order valence-electron chi connectivity index (χ3n) is 4.89.